The van der Waals surface area contributed by atoms with E-state index in [2.05, 4.69) is 4.90 Å². The van der Waals surface area contributed by atoms with Crippen LogP contribution in [0.5, 0.6) is 11.5 Å². The van der Waals surface area contributed by atoms with Crippen LogP contribution in [0.25, 0.3) is 0 Å². The number of hydrogen-bond donors (Lipinski definition) is 0. The van der Waals surface area contributed by atoms with Crippen molar-refractivity contribution in [3.63, 3.8) is 0 Å². The molecule has 0 radical (unpaired) electrons. The Balaban J connectivity index is 1.36. The molecule has 154 valence electrons. The number of fused-ring (bicyclic) bond motifs is 1. The van der Waals surface area contributed by atoms with Crippen LogP contribution in [0.3, 0.4) is 0 Å². The van der Waals surface area contributed by atoms with Crippen molar-refractivity contribution < 1.29 is 18.7 Å². The Morgan fingerprint density at radius 2 is 1.76 bits per heavy atom. The van der Waals surface area contributed by atoms with E-state index >= 15 is 0 Å². The summed E-state index contributed by atoms with van der Waals surface area (Å²) in [6.07, 6.45) is 0.154. The molecular weight excluding hydrogens is 418 g/mol. The zero-order valence-corrected chi connectivity index (χ0v) is 17.3. The Kier molecular flexibility index (Phi) is 6.13. The normalized spacial score (nSPS) is 19.7. The highest BCUT2D eigenvalue weighted by Gasteiger charge is 2.32. The molecule has 29 heavy (non-hydrogen) atoms. The van der Waals surface area contributed by atoms with Gasteiger partial charge in [0.15, 0.2) is 11.5 Å². The highest BCUT2D eigenvalue weighted by molar-refractivity contribution is 6.42. The Bertz CT molecular complexity index is 894. The van der Waals surface area contributed by atoms with Gasteiger partial charge in [0.2, 0.25) is 6.10 Å². The fourth-order valence-electron chi connectivity index (χ4n) is 3.59. The molecule has 1 atom stereocenters. The molecule has 0 spiro atoms. The lowest BCUT2D eigenvalue weighted by Crippen LogP contribution is -2.47. The van der Waals surface area contributed by atoms with Gasteiger partial charge in [-0.05, 0) is 24.1 Å². The van der Waals surface area contributed by atoms with Crippen molar-refractivity contribution in [2.24, 2.45) is 0 Å². The SMILES string of the molecule is O=C(C1COc2cc(Cl)c(Cl)cc2O1)N1CCCN(Cc2ccc(F)cc2)CC1. The zero-order valence-electron chi connectivity index (χ0n) is 15.7. The summed E-state index contributed by atoms with van der Waals surface area (Å²) in [5.41, 5.74) is 1.06. The van der Waals surface area contributed by atoms with Gasteiger partial charge in [-0.15, -0.1) is 0 Å². The van der Waals surface area contributed by atoms with Gasteiger partial charge in [0.25, 0.3) is 5.91 Å². The molecule has 0 aliphatic carbocycles. The largest absolute Gasteiger partial charge is 0.485 e. The van der Waals surface area contributed by atoms with E-state index in [-0.39, 0.29) is 18.3 Å². The number of nitrogens with zero attached hydrogens (tertiary/aromatic N) is 2. The van der Waals surface area contributed by atoms with Crippen LogP contribution in [0.15, 0.2) is 36.4 Å². The van der Waals surface area contributed by atoms with Gasteiger partial charge in [-0.1, -0.05) is 35.3 Å². The molecule has 1 unspecified atom stereocenters. The average Bonchev–Trinajstić information content (AvgIpc) is 2.95. The third-order valence-electron chi connectivity index (χ3n) is 5.14. The minimum Gasteiger partial charge on any atom is -0.485 e. The van der Waals surface area contributed by atoms with Gasteiger partial charge in [-0.25, -0.2) is 4.39 Å². The Hall–Kier alpha value is -2.02. The van der Waals surface area contributed by atoms with Crippen molar-refractivity contribution in [3.8, 4) is 11.5 Å². The Labute approximate surface area is 178 Å². The number of carbonyl (C=O) groups is 1. The molecule has 2 aromatic rings. The van der Waals surface area contributed by atoms with E-state index in [1.807, 2.05) is 4.90 Å². The lowest BCUT2D eigenvalue weighted by atomic mass is 10.2. The Morgan fingerprint density at radius 3 is 2.52 bits per heavy atom. The molecule has 2 aliphatic rings. The van der Waals surface area contributed by atoms with E-state index in [1.165, 1.54) is 12.1 Å². The predicted molar refractivity (Wildman–Crippen MR) is 109 cm³/mol. The van der Waals surface area contributed by atoms with Crippen LogP contribution in [0, 0.1) is 5.82 Å². The van der Waals surface area contributed by atoms with Gasteiger partial charge in [0.1, 0.15) is 12.4 Å². The standard InChI is InChI=1S/C21H21Cl2FN2O3/c22-16-10-18-19(11-17(16)23)29-20(13-28-18)21(27)26-7-1-6-25(8-9-26)12-14-2-4-15(24)5-3-14/h2-5,10-11,20H,1,6-9,12-13H2. The van der Waals surface area contributed by atoms with Gasteiger partial charge in [0, 0.05) is 44.9 Å². The van der Waals surface area contributed by atoms with Crippen molar-refractivity contribution in [1.82, 2.24) is 9.80 Å². The van der Waals surface area contributed by atoms with Crippen LogP contribution in [-0.4, -0.2) is 54.6 Å². The monoisotopic (exact) mass is 438 g/mol. The summed E-state index contributed by atoms with van der Waals surface area (Å²) in [5.74, 6) is 0.591. The van der Waals surface area contributed by atoms with Crippen LogP contribution in [-0.2, 0) is 11.3 Å². The molecule has 1 amide bonds. The van der Waals surface area contributed by atoms with E-state index in [4.69, 9.17) is 32.7 Å². The first-order valence-corrected chi connectivity index (χ1v) is 10.3. The number of halogens is 3. The van der Waals surface area contributed by atoms with E-state index in [9.17, 15) is 9.18 Å². The molecular formula is C21H21Cl2FN2O3. The topological polar surface area (TPSA) is 42.0 Å². The number of carbonyl (C=O) groups excluding carboxylic acids is 1. The first kappa shape index (κ1) is 20.3. The molecule has 1 fully saturated rings. The van der Waals surface area contributed by atoms with Crippen molar-refractivity contribution >= 4 is 29.1 Å². The number of benzene rings is 2. The molecule has 8 heteroatoms. The van der Waals surface area contributed by atoms with Gasteiger partial charge < -0.3 is 14.4 Å². The summed E-state index contributed by atoms with van der Waals surface area (Å²) >= 11 is 12.0. The first-order valence-electron chi connectivity index (χ1n) is 9.53. The lowest BCUT2D eigenvalue weighted by Gasteiger charge is -2.30. The maximum Gasteiger partial charge on any atom is 0.267 e. The molecule has 2 aliphatic heterocycles. The fraction of sp³-hybridized carbons (Fsp3) is 0.381. The zero-order chi connectivity index (χ0) is 20.4. The van der Waals surface area contributed by atoms with Crippen molar-refractivity contribution in [2.45, 2.75) is 19.1 Å². The van der Waals surface area contributed by atoms with Crippen LogP contribution in [0.2, 0.25) is 10.0 Å². The summed E-state index contributed by atoms with van der Waals surface area (Å²) in [5, 5.41) is 0.737. The second-order valence-corrected chi connectivity index (χ2v) is 8.03. The molecule has 0 bridgehead atoms. The molecule has 0 saturated carbocycles. The predicted octanol–water partition coefficient (Wildman–Crippen LogP) is 4.01. The summed E-state index contributed by atoms with van der Waals surface area (Å²) in [6, 6.07) is 9.71. The van der Waals surface area contributed by atoms with Crippen LogP contribution >= 0.6 is 23.2 Å². The summed E-state index contributed by atoms with van der Waals surface area (Å²) in [6.45, 7) is 3.76. The fourth-order valence-corrected chi connectivity index (χ4v) is 3.90. The van der Waals surface area contributed by atoms with E-state index in [1.54, 1.807) is 24.3 Å². The Morgan fingerprint density at radius 1 is 1.03 bits per heavy atom. The number of rotatable bonds is 3. The third kappa shape index (κ3) is 4.77. The summed E-state index contributed by atoms with van der Waals surface area (Å²) in [4.78, 5) is 17.1. The number of amides is 1. The first-order chi connectivity index (χ1) is 14.0. The van der Waals surface area contributed by atoms with Gasteiger partial charge in [-0.2, -0.15) is 0 Å². The molecule has 4 rings (SSSR count). The summed E-state index contributed by atoms with van der Waals surface area (Å²) < 4.78 is 24.6. The quantitative estimate of drug-likeness (QED) is 0.725. The highest BCUT2D eigenvalue weighted by atomic mass is 35.5. The minimum atomic E-state index is -0.705. The number of ether oxygens (including phenoxy) is 2. The maximum absolute atomic E-state index is 13.1. The molecule has 0 aromatic heterocycles. The molecule has 0 N–H and O–H groups in total. The van der Waals surface area contributed by atoms with Gasteiger partial charge in [0.05, 0.1) is 10.0 Å². The summed E-state index contributed by atoms with van der Waals surface area (Å²) in [7, 11) is 0. The van der Waals surface area contributed by atoms with Crippen LogP contribution in [0.1, 0.15) is 12.0 Å². The lowest BCUT2D eigenvalue weighted by molar-refractivity contribution is -0.141. The minimum absolute atomic E-state index is 0.0923. The smallest absolute Gasteiger partial charge is 0.267 e. The highest BCUT2D eigenvalue weighted by Crippen LogP contribution is 2.38. The van der Waals surface area contributed by atoms with Crippen LogP contribution < -0.4 is 9.47 Å². The third-order valence-corrected chi connectivity index (χ3v) is 5.86. The number of hydrogen-bond acceptors (Lipinski definition) is 4. The van der Waals surface area contributed by atoms with Crippen LogP contribution in [0.4, 0.5) is 4.39 Å². The van der Waals surface area contributed by atoms with Gasteiger partial charge >= 0.3 is 0 Å². The molecule has 1 saturated heterocycles. The maximum atomic E-state index is 13.1. The van der Waals surface area contributed by atoms with Crippen molar-refractivity contribution in [3.05, 3.63) is 57.8 Å². The van der Waals surface area contributed by atoms with E-state index in [0.717, 1.165) is 31.6 Å². The van der Waals surface area contributed by atoms with Crippen molar-refractivity contribution in [1.29, 1.82) is 0 Å². The second kappa shape index (κ2) is 8.78. The van der Waals surface area contributed by atoms with E-state index in [0.29, 0.717) is 34.6 Å². The molecule has 2 aromatic carbocycles. The van der Waals surface area contributed by atoms with Crippen molar-refractivity contribution in [2.75, 3.05) is 32.8 Å². The molecule has 5 nitrogen and oxygen atoms in total. The van der Waals surface area contributed by atoms with E-state index < -0.39 is 6.10 Å². The average molecular weight is 439 g/mol. The second-order valence-electron chi connectivity index (χ2n) is 7.21. The van der Waals surface area contributed by atoms with Gasteiger partial charge in [-0.3, -0.25) is 9.69 Å². The molecule has 2 heterocycles.